The Labute approximate surface area is 188 Å². The first kappa shape index (κ1) is 26.5. The molecule has 2 rings (SSSR count). The van der Waals surface area contributed by atoms with Crippen LogP contribution in [0.3, 0.4) is 0 Å². The van der Waals surface area contributed by atoms with E-state index in [0.29, 0.717) is 10.8 Å². The van der Waals surface area contributed by atoms with E-state index in [1.165, 1.54) is 60.8 Å². The molecule has 2 aliphatic rings. The molecule has 0 saturated heterocycles. The highest BCUT2D eigenvalue weighted by molar-refractivity contribution is 5.11. The van der Waals surface area contributed by atoms with Crippen molar-refractivity contribution in [1.29, 1.82) is 0 Å². The van der Waals surface area contributed by atoms with E-state index < -0.39 is 0 Å². The molecule has 168 valence electrons. The van der Waals surface area contributed by atoms with Crippen LogP contribution >= 0.6 is 0 Å². The average Bonchev–Trinajstić information content (AvgIpc) is 2.68. The van der Waals surface area contributed by atoms with Gasteiger partial charge in [0.1, 0.15) is 0 Å². The van der Waals surface area contributed by atoms with Crippen molar-refractivity contribution >= 4 is 0 Å². The van der Waals surface area contributed by atoms with Gasteiger partial charge >= 0.3 is 0 Å². The lowest BCUT2D eigenvalue weighted by molar-refractivity contribution is 0.485. The molecule has 0 heteroatoms. The van der Waals surface area contributed by atoms with Crippen LogP contribution in [-0.4, -0.2) is 0 Å². The van der Waals surface area contributed by atoms with Gasteiger partial charge in [0, 0.05) is 0 Å². The van der Waals surface area contributed by atoms with Crippen molar-refractivity contribution in [3.05, 3.63) is 71.9 Å². The van der Waals surface area contributed by atoms with Crippen molar-refractivity contribution in [2.45, 2.75) is 106 Å². The second kappa shape index (κ2) is 13.0. The van der Waals surface area contributed by atoms with Crippen LogP contribution in [0.15, 0.2) is 71.9 Å². The molecular weight excluding hydrogens is 360 g/mol. The molecule has 0 heterocycles. The molecule has 0 N–H and O–H groups in total. The molecule has 0 atom stereocenters. The van der Waals surface area contributed by atoms with Crippen molar-refractivity contribution < 1.29 is 0 Å². The van der Waals surface area contributed by atoms with Gasteiger partial charge in [-0.3, -0.25) is 0 Å². The second-order valence-electron chi connectivity index (χ2n) is 10.9. The summed E-state index contributed by atoms with van der Waals surface area (Å²) in [6, 6.07) is 0. The molecule has 0 aromatic heterocycles. The Morgan fingerprint density at radius 3 is 1.37 bits per heavy atom. The first-order chi connectivity index (χ1) is 14.0. The maximum Gasteiger partial charge on any atom is -0.0140 e. The van der Waals surface area contributed by atoms with E-state index in [-0.39, 0.29) is 0 Å². The van der Waals surface area contributed by atoms with Crippen LogP contribution in [0.5, 0.6) is 0 Å². The molecule has 0 nitrogen and oxygen atoms in total. The highest BCUT2D eigenvalue weighted by Gasteiger charge is 2.13. The summed E-state index contributed by atoms with van der Waals surface area (Å²) in [6.07, 6.45) is 25.8. The van der Waals surface area contributed by atoms with Gasteiger partial charge in [-0.2, -0.15) is 0 Å². The second-order valence-corrected chi connectivity index (χ2v) is 10.9. The van der Waals surface area contributed by atoms with E-state index in [1.54, 1.807) is 0 Å². The Kier molecular flexibility index (Phi) is 11.5. The minimum atomic E-state index is 0.298. The van der Waals surface area contributed by atoms with Crippen LogP contribution in [0.2, 0.25) is 0 Å². The molecule has 0 radical (unpaired) electrons. The van der Waals surface area contributed by atoms with Gasteiger partial charge < -0.3 is 0 Å². The Balaban J connectivity index is 0.000000300. The molecule has 0 unspecified atom stereocenters. The minimum absolute atomic E-state index is 0.298. The van der Waals surface area contributed by atoms with Gasteiger partial charge in [-0.05, 0) is 88.9 Å². The number of allylic oxidation sites excluding steroid dienone is 10. The summed E-state index contributed by atoms with van der Waals surface area (Å²) in [5.74, 6) is 0. The Hall–Kier alpha value is -1.56. The minimum Gasteiger partial charge on any atom is -0.0995 e. The van der Waals surface area contributed by atoms with Gasteiger partial charge in [-0.15, -0.1) is 0 Å². The van der Waals surface area contributed by atoms with Gasteiger partial charge in [-0.1, -0.05) is 99.6 Å². The summed E-state index contributed by atoms with van der Waals surface area (Å²) in [6.45, 7) is 21.9. The van der Waals surface area contributed by atoms with Gasteiger partial charge in [0.25, 0.3) is 0 Å². The fourth-order valence-corrected chi connectivity index (χ4v) is 3.74. The predicted octanol–water partition coefficient (Wildman–Crippen LogP) is 10.1. The van der Waals surface area contributed by atoms with E-state index in [4.69, 9.17) is 0 Å². The quantitative estimate of drug-likeness (QED) is 0.350. The number of hydrogen-bond donors (Lipinski definition) is 0. The van der Waals surface area contributed by atoms with E-state index >= 15 is 0 Å². The van der Waals surface area contributed by atoms with Gasteiger partial charge in [0.2, 0.25) is 0 Å². The smallest absolute Gasteiger partial charge is 0.0140 e. The topological polar surface area (TPSA) is 0 Å². The molecule has 0 aromatic carbocycles. The summed E-state index contributed by atoms with van der Waals surface area (Å²) in [4.78, 5) is 0. The lowest BCUT2D eigenvalue weighted by Gasteiger charge is -2.18. The number of hydrogen-bond acceptors (Lipinski definition) is 0. The summed E-state index contributed by atoms with van der Waals surface area (Å²) in [7, 11) is 0. The number of rotatable bonds is 0. The molecule has 0 fully saturated rings. The molecule has 2 aliphatic carbocycles. The van der Waals surface area contributed by atoms with Crippen molar-refractivity contribution in [3.8, 4) is 0 Å². The average molecular weight is 409 g/mol. The maximum absolute atomic E-state index is 4.12. The van der Waals surface area contributed by atoms with Crippen LogP contribution in [0, 0.1) is 10.8 Å². The third-order valence-electron chi connectivity index (χ3n) is 6.11. The van der Waals surface area contributed by atoms with Crippen LogP contribution in [0.1, 0.15) is 106 Å². The summed E-state index contributed by atoms with van der Waals surface area (Å²) >= 11 is 0. The first-order valence-corrected chi connectivity index (χ1v) is 12.0. The highest BCUT2D eigenvalue weighted by atomic mass is 14.2. The first-order valence-electron chi connectivity index (χ1n) is 12.0. The van der Waals surface area contributed by atoms with Crippen LogP contribution in [0.25, 0.3) is 0 Å². The standard InChI is InChI=1S/2C15H24/c2*1-13-7-5-8-14(2)10-12-15(3,4)11-6-9-13/h2*6,10-11H,1,5,7-9,12H2,2-4H3/b11-6+,14-10?;11-6+,14-10+. The summed E-state index contributed by atoms with van der Waals surface area (Å²) in [5, 5.41) is 0. The van der Waals surface area contributed by atoms with E-state index in [9.17, 15) is 0 Å². The fourth-order valence-electron chi connectivity index (χ4n) is 3.74. The monoisotopic (exact) mass is 408 g/mol. The SMILES string of the molecule is C=C1C/C=C/C(C)(C)C/C=C(\C)CCC1.C=C1C/C=C/C(C)(C)CC=C(C)CCC1. The zero-order valence-corrected chi connectivity index (χ0v) is 20.9. The Morgan fingerprint density at radius 1 is 0.633 bits per heavy atom. The molecule has 0 amide bonds. The van der Waals surface area contributed by atoms with E-state index in [0.717, 1.165) is 25.7 Å². The molecule has 0 aromatic rings. The molecule has 0 saturated carbocycles. The van der Waals surface area contributed by atoms with Crippen LogP contribution < -0.4 is 0 Å². The van der Waals surface area contributed by atoms with E-state index in [1.807, 2.05) is 0 Å². The zero-order chi connectivity index (χ0) is 22.6. The fraction of sp³-hybridized carbons (Fsp3) is 0.600. The molecule has 0 spiro atoms. The van der Waals surface area contributed by atoms with Gasteiger partial charge in [-0.25, -0.2) is 0 Å². The van der Waals surface area contributed by atoms with Gasteiger partial charge in [0.15, 0.2) is 0 Å². The van der Waals surface area contributed by atoms with E-state index in [2.05, 4.69) is 91.2 Å². The van der Waals surface area contributed by atoms with Crippen molar-refractivity contribution in [2.75, 3.05) is 0 Å². The molecule has 0 bridgehead atoms. The third kappa shape index (κ3) is 12.9. The molecular formula is C30H48. The lowest BCUT2D eigenvalue weighted by Crippen LogP contribution is -2.05. The lowest BCUT2D eigenvalue weighted by atomic mass is 9.87. The van der Waals surface area contributed by atoms with Crippen molar-refractivity contribution in [2.24, 2.45) is 10.8 Å². The van der Waals surface area contributed by atoms with Crippen LogP contribution in [-0.2, 0) is 0 Å². The highest BCUT2D eigenvalue weighted by Crippen LogP contribution is 2.27. The molecule has 0 aliphatic heterocycles. The Morgan fingerprint density at radius 2 is 1.00 bits per heavy atom. The maximum atomic E-state index is 4.12. The van der Waals surface area contributed by atoms with Crippen molar-refractivity contribution in [3.63, 3.8) is 0 Å². The largest absolute Gasteiger partial charge is 0.0995 e. The third-order valence-corrected chi connectivity index (χ3v) is 6.11. The van der Waals surface area contributed by atoms with Crippen molar-refractivity contribution in [1.82, 2.24) is 0 Å². The van der Waals surface area contributed by atoms with Crippen LogP contribution in [0.4, 0.5) is 0 Å². The predicted molar refractivity (Wildman–Crippen MR) is 138 cm³/mol. The Bertz CT molecular complexity index is 613. The summed E-state index contributed by atoms with van der Waals surface area (Å²) < 4.78 is 0. The normalized spacial score (nSPS) is 27.0. The van der Waals surface area contributed by atoms with Gasteiger partial charge in [0.05, 0.1) is 0 Å². The summed E-state index contributed by atoms with van der Waals surface area (Å²) in [5.41, 5.74) is 6.41. The zero-order valence-electron chi connectivity index (χ0n) is 20.9. The molecule has 30 heavy (non-hydrogen) atoms.